The number of amides is 1. The number of sulfonamides is 1. The van der Waals surface area contributed by atoms with Gasteiger partial charge in [-0.3, -0.25) is 4.79 Å². The lowest BCUT2D eigenvalue weighted by atomic mass is 10.1. The van der Waals surface area contributed by atoms with Crippen molar-refractivity contribution in [2.45, 2.75) is 11.5 Å². The Kier molecular flexibility index (Phi) is 6.23. The number of halogens is 2. The Balaban J connectivity index is 2.24. The SMILES string of the molecule is N#C/C(=C\c1ccccc1OC(F)F)C(=O)Nc1ccc(S(N)(=O)=O)cc1. The number of nitriles is 1. The summed E-state index contributed by atoms with van der Waals surface area (Å²) in [4.78, 5) is 12.1. The molecular formula is C17H13F2N3O4S. The highest BCUT2D eigenvalue weighted by Crippen LogP contribution is 2.23. The third-order valence-corrected chi connectivity index (χ3v) is 4.17. The molecule has 0 bridgehead atoms. The molecule has 0 aliphatic carbocycles. The third-order valence-electron chi connectivity index (χ3n) is 3.24. The fraction of sp³-hybridized carbons (Fsp3) is 0.0588. The molecule has 0 aliphatic rings. The highest BCUT2D eigenvalue weighted by Gasteiger charge is 2.14. The fourth-order valence-electron chi connectivity index (χ4n) is 2.03. The summed E-state index contributed by atoms with van der Waals surface area (Å²) in [6.45, 7) is -3.06. The van der Waals surface area contributed by atoms with Gasteiger partial charge in [-0.25, -0.2) is 13.6 Å². The molecule has 7 nitrogen and oxygen atoms in total. The average molecular weight is 393 g/mol. The number of benzene rings is 2. The van der Waals surface area contributed by atoms with E-state index in [0.717, 1.165) is 6.08 Å². The van der Waals surface area contributed by atoms with Gasteiger partial charge in [0.15, 0.2) is 0 Å². The first kappa shape index (κ1) is 20.0. The van der Waals surface area contributed by atoms with Crippen molar-refractivity contribution >= 4 is 27.7 Å². The molecule has 0 atom stereocenters. The van der Waals surface area contributed by atoms with Gasteiger partial charge in [0, 0.05) is 11.3 Å². The van der Waals surface area contributed by atoms with Crippen LogP contribution in [0.25, 0.3) is 6.08 Å². The van der Waals surface area contributed by atoms with Crippen LogP contribution in [0, 0.1) is 11.3 Å². The van der Waals surface area contributed by atoms with E-state index in [1.165, 1.54) is 48.5 Å². The minimum atomic E-state index is -3.88. The maximum atomic E-state index is 12.4. The number of hydrogen-bond acceptors (Lipinski definition) is 5. The van der Waals surface area contributed by atoms with Gasteiger partial charge >= 0.3 is 6.61 Å². The Morgan fingerprint density at radius 1 is 1.19 bits per heavy atom. The van der Waals surface area contributed by atoms with Crippen LogP contribution in [-0.2, 0) is 14.8 Å². The van der Waals surface area contributed by atoms with Gasteiger partial charge in [-0.05, 0) is 36.4 Å². The molecule has 2 aromatic carbocycles. The second kappa shape index (κ2) is 8.39. The Labute approximate surface area is 153 Å². The van der Waals surface area contributed by atoms with E-state index >= 15 is 0 Å². The highest BCUT2D eigenvalue weighted by molar-refractivity contribution is 7.89. The Morgan fingerprint density at radius 2 is 1.81 bits per heavy atom. The molecule has 3 N–H and O–H groups in total. The topological polar surface area (TPSA) is 122 Å². The Hall–Kier alpha value is -3.29. The number of para-hydroxylation sites is 1. The van der Waals surface area contributed by atoms with E-state index in [1.54, 1.807) is 6.07 Å². The Morgan fingerprint density at radius 3 is 2.37 bits per heavy atom. The molecule has 0 saturated carbocycles. The van der Waals surface area contributed by atoms with Gasteiger partial charge in [-0.15, -0.1) is 0 Å². The molecule has 2 rings (SSSR count). The standard InChI is InChI=1S/C17H13F2N3O4S/c18-17(19)26-15-4-2-1-3-11(15)9-12(10-20)16(23)22-13-5-7-14(8-6-13)27(21,24)25/h1-9,17H,(H,22,23)(H2,21,24,25)/b12-9+. The van der Waals surface area contributed by atoms with Gasteiger partial charge in [0.25, 0.3) is 5.91 Å². The molecule has 0 spiro atoms. The largest absolute Gasteiger partial charge is 0.434 e. The maximum absolute atomic E-state index is 12.4. The molecule has 140 valence electrons. The number of ether oxygens (including phenoxy) is 1. The van der Waals surface area contributed by atoms with Crippen LogP contribution in [0.2, 0.25) is 0 Å². The minimum absolute atomic E-state index is 0.120. The molecule has 0 aliphatic heterocycles. The molecule has 1 amide bonds. The van der Waals surface area contributed by atoms with E-state index in [9.17, 15) is 27.3 Å². The van der Waals surface area contributed by atoms with Crippen molar-refractivity contribution < 1.29 is 26.7 Å². The lowest BCUT2D eigenvalue weighted by Gasteiger charge is -2.08. The molecule has 0 unspecified atom stereocenters. The molecule has 0 saturated heterocycles. The normalized spacial score (nSPS) is 11.7. The predicted molar refractivity (Wildman–Crippen MR) is 93.1 cm³/mol. The van der Waals surface area contributed by atoms with Gasteiger partial charge in [0.2, 0.25) is 10.0 Å². The van der Waals surface area contributed by atoms with E-state index in [1.807, 2.05) is 0 Å². The number of rotatable bonds is 6. The zero-order valence-electron chi connectivity index (χ0n) is 13.6. The van der Waals surface area contributed by atoms with Crippen LogP contribution < -0.4 is 15.2 Å². The van der Waals surface area contributed by atoms with E-state index < -0.39 is 22.5 Å². The van der Waals surface area contributed by atoms with Crippen molar-refractivity contribution in [2.75, 3.05) is 5.32 Å². The van der Waals surface area contributed by atoms with E-state index in [-0.39, 0.29) is 27.5 Å². The van der Waals surface area contributed by atoms with E-state index in [4.69, 9.17) is 5.14 Å². The van der Waals surface area contributed by atoms with E-state index in [2.05, 4.69) is 10.1 Å². The number of hydrogen-bond donors (Lipinski definition) is 2. The third kappa shape index (κ3) is 5.60. The van der Waals surface area contributed by atoms with Crippen LogP contribution in [0.1, 0.15) is 5.56 Å². The summed E-state index contributed by atoms with van der Waals surface area (Å²) in [5.74, 6) is -1.00. The highest BCUT2D eigenvalue weighted by atomic mass is 32.2. The first-order chi connectivity index (χ1) is 12.7. The number of nitrogens with one attached hydrogen (secondary N) is 1. The quantitative estimate of drug-likeness (QED) is 0.577. The van der Waals surface area contributed by atoms with Gasteiger partial charge in [-0.2, -0.15) is 14.0 Å². The van der Waals surface area contributed by atoms with Crippen molar-refractivity contribution in [1.82, 2.24) is 0 Å². The molecule has 0 heterocycles. The monoisotopic (exact) mass is 393 g/mol. The van der Waals surface area contributed by atoms with Crippen LogP contribution in [0.15, 0.2) is 59.0 Å². The van der Waals surface area contributed by atoms with Gasteiger partial charge < -0.3 is 10.1 Å². The fourth-order valence-corrected chi connectivity index (χ4v) is 2.55. The predicted octanol–water partition coefficient (Wildman–Crippen LogP) is 2.48. The lowest BCUT2D eigenvalue weighted by Crippen LogP contribution is -2.15. The van der Waals surface area contributed by atoms with Crippen LogP contribution in [0.4, 0.5) is 14.5 Å². The molecule has 27 heavy (non-hydrogen) atoms. The Bertz CT molecular complexity index is 1010. The van der Waals surface area contributed by atoms with Gasteiger partial charge in [0.05, 0.1) is 4.90 Å². The van der Waals surface area contributed by atoms with E-state index in [0.29, 0.717) is 0 Å². The number of carbonyl (C=O) groups is 1. The van der Waals surface area contributed by atoms with Gasteiger partial charge in [0.1, 0.15) is 17.4 Å². The van der Waals surface area contributed by atoms with Crippen LogP contribution in [0.3, 0.4) is 0 Å². The van der Waals surface area contributed by atoms with Gasteiger partial charge in [-0.1, -0.05) is 18.2 Å². The number of alkyl halides is 2. The molecule has 10 heteroatoms. The van der Waals surface area contributed by atoms with Crippen molar-refractivity contribution in [1.29, 1.82) is 5.26 Å². The maximum Gasteiger partial charge on any atom is 0.387 e. The zero-order chi connectivity index (χ0) is 20.0. The number of primary sulfonamides is 1. The van der Waals surface area contributed by atoms with Crippen LogP contribution in [-0.4, -0.2) is 20.9 Å². The van der Waals surface area contributed by atoms with Crippen molar-refractivity contribution in [3.8, 4) is 11.8 Å². The van der Waals surface area contributed by atoms with Crippen molar-refractivity contribution in [3.05, 3.63) is 59.7 Å². The summed E-state index contributed by atoms with van der Waals surface area (Å²) in [5, 5.41) is 16.6. The summed E-state index contributed by atoms with van der Waals surface area (Å²) in [6.07, 6.45) is 1.10. The molecule has 0 fully saturated rings. The average Bonchev–Trinajstić information content (AvgIpc) is 2.60. The summed E-state index contributed by atoms with van der Waals surface area (Å²) in [6, 6.07) is 12.3. The summed E-state index contributed by atoms with van der Waals surface area (Å²) < 4.78 is 51.6. The number of anilines is 1. The summed E-state index contributed by atoms with van der Waals surface area (Å²) in [7, 11) is -3.88. The summed E-state index contributed by atoms with van der Waals surface area (Å²) >= 11 is 0. The second-order valence-electron chi connectivity index (χ2n) is 5.11. The number of nitrogens with two attached hydrogens (primary N) is 1. The molecular weight excluding hydrogens is 380 g/mol. The first-order valence-corrected chi connectivity index (χ1v) is 8.85. The molecule has 0 aromatic heterocycles. The number of nitrogens with zero attached hydrogens (tertiary/aromatic N) is 1. The first-order valence-electron chi connectivity index (χ1n) is 7.30. The minimum Gasteiger partial charge on any atom is -0.434 e. The van der Waals surface area contributed by atoms with Crippen LogP contribution in [0.5, 0.6) is 5.75 Å². The lowest BCUT2D eigenvalue weighted by molar-refractivity contribution is -0.112. The molecule has 2 aromatic rings. The zero-order valence-corrected chi connectivity index (χ0v) is 14.4. The smallest absolute Gasteiger partial charge is 0.387 e. The number of carbonyl (C=O) groups excluding carboxylic acids is 1. The van der Waals surface area contributed by atoms with Crippen molar-refractivity contribution in [3.63, 3.8) is 0 Å². The van der Waals surface area contributed by atoms with Crippen molar-refractivity contribution in [2.24, 2.45) is 5.14 Å². The second-order valence-corrected chi connectivity index (χ2v) is 6.67. The molecule has 0 radical (unpaired) electrons. The summed E-state index contributed by atoms with van der Waals surface area (Å²) in [5.41, 5.74) is -0.0319. The van der Waals surface area contributed by atoms with Crippen LogP contribution >= 0.6 is 0 Å².